The number of thiol groups is 1. The van der Waals surface area contributed by atoms with Crippen LogP contribution in [-0.4, -0.2) is 0 Å². The van der Waals surface area contributed by atoms with Gasteiger partial charge >= 0.3 is 0 Å². The largest absolute Gasteiger partial charge is 0.175 e. The molecule has 0 bridgehead atoms. The highest BCUT2D eigenvalue weighted by molar-refractivity contribution is 7.79. The van der Waals surface area contributed by atoms with Gasteiger partial charge in [0.1, 0.15) is 4.75 Å². The van der Waals surface area contributed by atoms with Crippen molar-refractivity contribution in [3.8, 4) is 0 Å². The van der Waals surface area contributed by atoms with Crippen LogP contribution in [0.5, 0.6) is 0 Å². The first-order valence-corrected chi connectivity index (χ1v) is 13.5. The third-order valence-corrected chi connectivity index (χ3v) is 5.11. The zero-order valence-electron chi connectivity index (χ0n) is 23.3. The van der Waals surface area contributed by atoms with Gasteiger partial charge in [-0.1, -0.05) is 137 Å². The van der Waals surface area contributed by atoms with E-state index in [-0.39, 0.29) is 4.75 Å². The third-order valence-electron chi connectivity index (χ3n) is 4.46. The minimum Gasteiger partial charge on any atom is -0.175 e. The van der Waals surface area contributed by atoms with Crippen LogP contribution in [0.15, 0.2) is 54.6 Å². The van der Waals surface area contributed by atoms with E-state index in [1.807, 2.05) is 19.9 Å². The van der Waals surface area contributed by atoms with Crippen molar-refractivity contribution in [2.75, 3.05) is 0 Å². The molecule has 0 spiro atoms. The van der Waals surface area contributed by atoms with Gasteiger partial charge in [-0.25, -0.2) is 0 Å². The summed E-state index contributed by atoms with van der Waals surface area (Å²) in [5.74, 6) is 1.42. The van der Waals surface area contributed by atoms with E-state index in [2.05, 4.69) is 143 Å². The standard InChI is InChI=1S/C13H20S.C9H12S.2C3H8.C2H6/c1-10(13(2,3)4)12-7-5-11(9-14)6-8-12;1-9(2,10)8-6-4-3-5-7-8;2*1-3-2;1-2/h5-8,10,14H,9H2,1-4H3;3-7,10H,1-2H3;2*3H2,1-2H3;1-2H3/p+1. The molecule has 0 aromatic heterocycles. The van der Waals surface area contributed by atoms with Gasteiger partial charge in [-0.2, -0.15) is 12.6 Å². The number of hydrogen-bond acceptors (Lipinski definition) is 1. The van der Waals surface area contributed by atoms with Gasteiger partial charge in [-0.15, -0.1) is 0 Å². The highest BCUT2D eigenvalue weighted by Gasteiger charge is 2.21. The fraction of sp³-hybridized carbons (Fsp3) is 0.600. The molecule has 0 nitrogen and oxygen atoms in total. The van der Waals surface area contributed by atoms with E-state index in [0.717, 1.165) is 5.75 Å². The maximum Gasteiger partial charge on any atom is 0.143 e. The zero-order valence-corrected chi connectivity index (χ0v) is 25.2. The lowest BCUT2D eigenvalue weighted by Crippen LogP contribution is -2.15. The summed E-state index contributed by atoms with van der Waals surface area (Å²) in [6, 6.07) is 19.2. The van der Waals surface area contributed by atoms with Crippen molar-refractivity contribution < 1.29 is 0 Å². The second kappa shape index (κ2) is 20.7. The summed E-state index contributed by atoms with van der Waals surface area (Å²) in [5, 5.41) is 0. The maximum atomic E-state index is 4.25. The molecular formula is C30H55S2+. The molecule has 1 atom stereocenters. The molecule has 2 aromatic rings. The molecule has 2 heteroatoms. The van der Waals surface area contributed by atoms with E-state index >= 15 is 0 Å². The molecule has 0 saturated carbocycles. The van der Waals surface area contributed by atoms with Crippen molar-refractivity contribution in [2.24, 2.45) is 5.41 Å². The van der Waals surface area contributed by atoms with Gasteiger partial charge < -0.3 is 0 Å². The maximum absolute atomic E-state index is 4.25. The predicted molar refractivity (Wildman–Crippen MR) is 160 cm³/mol. The first-order valence-electron chi connectivity index (χ1n) is 12.4. The average Bonchev–Trinajstić information content (AvgIpc) is 2.76. The van der Waals surface area contributed by atoms with Crippen LogP contribution in [0, 0.1) is 5.41 Å². The first-order chi connectivity index (χ1) is 14.9. The summed E-state index contributed by atoms with van der Waals surface area (Å²) in [4.78, 5) is 0. The molecular weight excluding hydrogens is 424 g/mol. The zero-order chi connectivity index (χ0) is 25.8. The molecule has 0 fully saturated rings. The van der Waals surface area contributed by atoms with Gasteiger partial charge in [0.25, 0.3) is 0 Å². The second-order valence-corrected chi connectivity index (χ2v) is 11.0. The molecule has 0 amide bonds. The molecule has 0 aliphatic carbocycles. The van der Waals surface area contributed by atoms with Crippen molar-refractivity contribution >= 4 is 25.3 Å². The molecule has 0 aliphatic heterocycles. The quantitative estimate of drug-likeness (QED) is 0.328. The lowest BCUT2D eigenvalue weighted by Gasteiger charge is -2.27. The van der Waals surface area contributed by atoms with Gasteiger partial charge in [-0.05, 0) is 48.9 Å². The Kier molecular flexibility index (Phi) is 23.1. The number of rotatable bonds is 3. The predicted octanol–water partition coefficient (Wildman–Crippen LogP) is 10.1. The summed E-state index contributed by atoms with van der Waals surface area (Å²) in [5.41, 5.74) is 4.36. The van der Waals surface area contributed by atoms with Crippen LogP contribution in [0.25, 0.3) is 0 Å². The van der Waals surface area contributed by atoms with E-state index in [1.165, 1.54) is 29.5 Å². The topological polar surface area (TPSA) is 0 Å². The van der Waals surface area contributed by atoms with Crippen LogP contribution in [0.1, 0.15) is 119 Å². The Morgan fingerprint density at radius 1 is 0.750 bits per heavy atom. The van der Waals surface area contributed by atoms with Crippen LogP contribution < -0.4 is 0 Å². The Balaban J connectivity index is -0.000000407. The number of benzene rings is 2. The first kappa shape index (κ1) is 35.7. The molecule has 32 heavy (non-hydrogen) atoms. The van der Waals surface area contributed by atoms with E-state index in [9.17, 15) is 0 Å². The smallest absolute Gasteiger partial charge is 0.143 e. The molecule has 0 heterocycles. The van der Waals surface area contributed by atoms with Crippen molar-refractivity contribution in [2.45, 2.75) is 112 Å². The van der Waals surface area contributed by atoms with Crippen molar-refractivity contribution in [3.63, 3.8) is 0 Å². The van der Waals surface area contributed by atoms with Gasteiger partial charge in [0, 0.05) is 11.3 Å². The van der Waals surface area contributed by atoms with Crippen molar-refractivity contribution in [3.05, 3.63) is 71.3 Å². The lowest BCUT2D eigenvalue weighted by molar-refractivity contribution is 0.339. The summed E-state index contributed by atoms with van der Waals surface area (Å²) < 4.78 is 0.0985. The van der Waals surface area contributed by atoms with E-state index < -0.39 is 0 Å². The Bertz CT molecular complexity index is 615. The third kappa shape index (κ3) is 18.7. The van der Waals surface area contributed by atoms with Crippen molar-refractivity contribution in [1.82, 2.24) is 0 Å². The Hall–Kier alpha value is -0.860. The van der Waals surface area contributed by atoms with Crippen LogP contribution in [0.2, 0.25) is 0 Å². The van der Waals surface area contributed by atoms with E-state index in [1.54, 1.807) is 0 Å². The van der Waals surface area contributed by atoms with E-state index in [0.29, 0.717) is 11.3 Å². The monoisotopic (exact) mass is 479 g/mol. The summed E-state index contributed by atoms with van der Waals surface area (Å²) in [7, 11) is 0. The molecule has 186 valence electrons. The molecule has 2 rings (SSSR count). The fourth-order valence-corrected chi connectivity index (χ4v) is 2.64. The minimum absolute atomic E-state index is 0.0985. The van der Waals surface area contributed by atoms with Crippen LogP contribution in [0.3, 0.4) is 0 Å². The van der Waals surface area contributed by atoms with E-state index in [4.69, 9.17) is 0 Å². The van der Waals surface area contributed by atoms with Gasteiger partial charge in [-0.3, -0.25) is 0 Å². The second-order valence-electron chi connectivity index (χ2n) is 9.39. The fourth-order valence-electron chi connectivity index (χ4n) is 2.27. The molecule has 2 aromatic carbocycles. The Morgan fingerprint density at radius 2 is 1.12 bits per heavy atom. The van der Waals surface area contributed by atoms with Crippen LogP contribution in [0.4, 0.5) is 0 Å². The Labute approximate surface area is 213 Å². The Morgan fingerprint density at radius 3 is 1.38 bits per heavy atom. The molecule has 1 unspecified atom stereocenters. The number of hydrogen-bond donors (Lipinski definition) is 1. The molecule has 0 radical (unpaired) electrons. The van der Waals surface area contributed by atoms with Crippen LogP contribution >= 0.6 is 12.6 Å². The van der Waals surface area contributed by atoms with Crippen LogP contribution in [-0.2, 0) is 23.1 Å². The average molecular weight is 480 g/mol. The highest BCUT2D eigenvalue weighted by Crippen LogP contribution is 2.34. The normalized spacial score (nSPS) is 11.1. The molecule has 0 saturated heterocycles. The summed E-state index contributed by atoms with van der Waals surface area (Å²) in [6.45, 7) is 25.9. The lowest BCUT2D eigenvalue weighted by atomic mass is 9.78. The summed E-state index contributed by atoms with van der Waals surface area (Å²) >= 11 is 7.89. The highest BCUT2D eigenvalue weighted by atomic mass is 32.1. The SMILES string of the molecule is CC.CC(C)([SH2+])c1ccccc1.CC(c1ccc(CS)cc1)C(C)(C)C.CCC.CCC. The van der Waals surface area contributed by atoms with Gasteiger partial charge in [0.15, 0.2) is 0 Å². The molecule has 0 N–H and O–H groups in total. The summed E-state index contributed by atoms with van der Waals surface area (Å²) in [6.07, 6.45) is 2.50. The van der Waals surface area contributed by atoms with Gasteiger partial charge in [0.05, 0.1) is 0 Å². The van der Waals surface area contributed by atoms with Gasteiger partial charge in [0.2, 0.25) is 0 Å². The van der Waals surface area contributed by atoms with Crippen molar-refractivity contribution in [1.29, 1.82) is 0 Å². The molecule has 0 aliphatic rings. The minimum atomic E-state index is 0.0985.